The van der Waals surface area contributed by atoms with Crippen molar-refractivity contribution in [1.82, 2.24) is 0 Å². The van der Waals surface area contributed by atoms with Gasteiger partial charge in [-0.3, -0.25) is 0 Å². The van der Waals surface area contributed by atoms with E-state index in [1.165, 1.54) is 13.2 Å². The molecule has 0 aromatic heterocycles. The highest BCUT2D eigenvalue weighted by molar-refractivity contribution is 5.42. The normalized spacial score (nSPS) is 14.7. The summed E-state index contributed by atoms with van der Waals surface area (Å²) in [7, 11) is 1.47. The maximum Gasteiger partial charge on any atom is 0.160 e. The van der Waals surface area contributed by atoms with Gasteiger partial charge >= 0.3 is 0 Å². The molecule has 4 nitrogen and oxygen atoms in total. The van der Waals surface area contributed by atoms with Crippen LogP contribution in [0, 0.1) is 5.92 Å². The van der Waals surface area contributed by atoms with Crippen molar-refractivity contribution < 1.29 is 14.9 Å². The van der Waals surface area contributed by atoms with Gasteiger partial charge in [-0.25, -0.2) is 0 Å². The van der Waals surface area contributed by atoms with Crippen molar-refractivity contribution >= 4 is 0 Å². The van der Waals surface area contributed by atoms with E-state index in [0.717, 1.165) is 6.42 Å². The van der Waals surface area contributed by atoms with Gasteiger partial charge in [0.1, 0.15) is 0 Å². The van der Waals surface area contributed by atoms with E-state index in [9.17, 15) is 10.2 Å². The number of nitrogens with two attached hydrogens (primary N) is 1. The zero-order valence-electron chi connectivity index (χ0n) is 10.6. The van der Waals surface area contributed by atoms with E-state index < -0.39 is 6.10 Å². The number of aromatic hydroxyl groups is 1. The van der Waals surface area contributed by atoms with Crippen LogP contribution in [-0.4, -0.2) is 23.4 Å². The quantitative estimate of drug-likeness (QED) is 0.732. The molecule has 0 saturated heterocycles. The van der Waals surface area contributed by atoms with Crippen LogP contribution in [0.15, 0.2) is 18.2 Å². The number of hydrogen-bond donors (Lipinski definition) is 3. The van der Waals surface area contributed by atoms with E-state index in [0.29, 0.717) is 17.2 Å². The number of aliphatic hydroxyl groups is 1. The molecule has 4 N–H and O–H groups in total. The Morgan fingerprint density at radius 1 is 1.35 bits per heavy atom. The van der Waals surface area contributed by atoms with Crippen LogP contribution >= 0.6 is 0 Å². The molecule has 4 heteroatoms. The zero-order valence-corrected chi connectivity index (χ0v) is 10.6. The molecule has 0 radical (unpaired) electrons. The molecular formula is C13H21NO3. The summed E-state index contributed by atoms with van der Waals surface area (Å²) in [6.45, 7) is 4.12. The molecule has 96 valence electrons. The topological polar surface area (TPSA) is 75.7 Å². The monoisotopic (exact) mass is 239 g/mol. The lowest BCUT2D eigenvalue weighted by Gasteiger charge is -2.21. The van der Waals surface area contributed by atoms with E-state index in [1.54, 1.807) is 12.1 Å². The van der Waals surface area contributed by atoms with Gasteiger partial charge in [-0.15, -0.1) is 0 Å². The van der Waals surface area contributed by atoms with Crippen LogP contribution < -0.4 is 10.5 Å². The molecule has 0 aliphatic heterocycles. The van der Waals surface area contributed by atoms with Gasteiger partial charge in [0, 0.05) is 6.04 Å². The fourth-order valence-corrected chi connectivity index (χ4v) is 1.80. The lowest BCUT2D eigenvalue weighted by Crippen LogP contribution is -2.29. The average molecular weight is 239 g/mol. The summed E-state index contributed by atoms with van der Waals surface area (Å²) >= 11 is 0. The SMILES string of the molecule is COc1cc(C(O)C(N)CC(C)C)ccc1O. The summed E-state index contributed by atoms with van der Waals surface area (Å²) in [5.41, 5.74) is 6.59. The van der Waals surface area contributed by atoms with Gasteiger partial charge in [0.25, 0.3) is 0 Å². The third-order valence-corrected chi connectivity index (χ3v) is 2.69. The highest BCUT2D eigenvalue weighted by Crippen LogP contribution is 2.30. The first kappa shape index (κ1) is 13.8. The molecule has 2 atom stereocenters. The number of hydrogen-bond acceptors (Lipinski definition) is 4. The predicted octanol–water partition coefficient (Wildman–Crippen LogP) is 1.81. The van der Waals surface area contributed by atoms with Crippen molar-refractivity contribution in [3.63, 3.8) is 0 Å². The minimum absolute atomic E-state index is 0.0564. The molecule has 0 aliphatic rings. The summed E-state index contributed by atoms with van der Waals surface area (Å²) in [5.74, 6) is 0.831. The molecule has 1 aromatic carbocycles. The second kappa shape index (κ2) is 5.89. The average Bonchev–Trinajstić information content (AvgIpc) is 2.27. The smallest absolute Gasteiger partial charge is 0.160 e. The Bertz CT molecular complexity index is 366. The molecule has 1 rings (SSSR count). The van der Waals surface area contributed by atoms with E-state index in [2.05, 4.69) is 13.8 Å². The van der Waals surface area contributed by atoms with Crippen LogP contribution in [0.5, 0.6) is 11.5 Å². The minimum atomic E-state index is -0.744. The van der Waals surface area contributed by atoms with Gasteiger partial charge in [-0.1, -0.05) is 19.9 Å². The number of methoxy groups -OCH3 is 1. The van der Waals surface area contributed by atoms with E-state index >= 15 is 0 Å². The summed E-state index contributed by atoms with van der Waals surface area (Å²) < 4.78 is 4.99. The first-order valence-electron chi connectivity index (χ1n) is 5.76. The third-order valence-electron chi connectivity index (χ3n) is 2.69. The van der Waals surface area contributed by atoms with Gasteiger partial charge in [-0.05, 0) is 30.0 Å². The largest absolute Gasteiger partial charge is 0.504 e. The van der Waals surface area contributed by atoms with Gasteiger partial charge < -0.3 is 20.7 Å². The highest BCUT2D eigenvalue weighted by Gasteiger charge is 2.19. The Kier molecular flexibility index (Phi) is 4.78. The van der Waals surface area contributed by atoms with Gasteiger partial charge in [0.05, 0.1) is 13.2 Å². The molecule has 1 aromatic rings. The molecule has 17 heavy (non-hydrogen) atoms. The summed E-state index contributed by atoms with van der Waals surface area (Å²) in [5, 5.41) is 19.5. The van der Waals surface area contributed by atoms with Crippen molar-refractivity contribution in [3.8, 4) is 11.5 Å². The zero-order chi connectivity index (χ0) is 13.0. The Hall–Kier alpha value is -1.26. The van der Waals surface area contributed by atoms with Crippen LogP contribution in [0.25, 0.3) is 0 Å². The first-order chi connectivity index (χ1) is 7.95. The van der Waals surface area contributed by atoms with Crippen LogP contribution in [0.2, 0.25) is 0 Å². The van der Waals surface area contributed by atoms with Gasteiger partial charge in [0.2, 0.25) is 0 Å². The Balaban J connectivity index is 2.84. The van der Waals surface area contributed by atoms with Crippen LogP contribution in [0.4, 0.5) is 0 Å². The molecule has 0 saturated carbocycles. The summed E-state index contributed by atoms with van der Waals surface area (Å²) in [6, 6.07) is 4.45. The van der Waals surface area contributed by atoms with E-state index in [1.807, 2.05) is 0 Å². The lowest BCUT2D eigenvalue weighted by atomic mass is 9.95. The number of ether oxygens (including phenoxy) is 1. The van der Waals surface area contributed by atoms with Crippen molar-refractivity contribution in [1.29, 1.82) is 0 Å². The maximum atomic E-state index is 10.1. The third kappa shape index (κ3) is 3.61. The van der Waals surface area contributed by atoms with Gasteiger partial charge in [0.15, 0.2) is 11.5 Å². The number of aliphatic hydroxyl groups excluding tert-OH is 1. The van der Waals surface area contributed by atoms with Crippen molar-refractivity contribution in [2.75, 3.05) is 7.11 Å². The fourth-order valence-electron chi connectivity index (χ4n) is 1.80. The van der Waals surface area contributed by atoms with Crippen LogP contribution in [0.3, 0.4) is 0 Å². The minimum Gasteiger partial charge on any atom is -0.504 e. The van der Waals surface area contributed by atoms with E-state index in [-0.39, 0.29) is 11.8 Å². The highest BCUT2D eigenvalue weighted by atomic mass is 16.5. The standard InChI is InChI=1S/C13H21NO3/c1-8(2)6-10(14)13(16)9-4-5-11(15)12(7-9)17-3/h4-5,7-8,10,13,15-16H,6,14H2,1-3H3. The Labute approximate surface area is 102 Å². The molecule has 0 spiro atoms. The molecule has 2 unspecified atom stereocenters. The maximum absolute atomic E-state index is 10.1. The second-order valence-electron chi connectivity index (χ2n) is 4.67. The van der Waals surface area contributed by atoms with Crippen molar-refractivity contribution in [3.05, 3.63) is 23.8 Å². The van der Waals surface area contributed by atoms with E-state index in [4.69, 9.17) is 10.5 Å². The molecule has 0 bridgehead atoms. The number of rotatable bonds is 5. The van der Waals surface area contributed by atoms with Gasteiger partial charge in [-0.2, -0.15) is 0 Å². The molecule has 0 fully saturated rings. The summed E-state index contributed by atoms with van der Waals surface area (Å²) in [6.07, 6.45) is -0.00318. The Morgan fingerprint density at radius 2 is 2.00 bits per heavy atom. The van der Waals surface area contributed by atoms with Crippen LogP contribution in [0.1, 0.15) is 31.9 Å². The summed E-state index contributed by atoms with van der Waals surface area (Å²) in [4.78, 5) is 0. The molecule has 0 heterocycles. The molecule has 0 amide bonds. The number of phenols is 1. The number of phenolic OH excluding ortho intramolecular Hbond substituents is 1. The van der Waals surface area contributed by atoms with Crippen LogP contribution in [-0.2, 0) is 0 Å². The predicted molar refractivity (Wildman–Crippen MR) is 67.0 cm³/mol. The Morgan fingerprint density at radius 3 is 2.53 bits per heavy atom. The fraction of sp³-hybridized carbons (Fsp3) is 0.538. The molecular weight excluding hydrogens is 218 g/mol. The lowest BCUT2D eigenvalue weighted by molar-refractivity contribution is 0.135. The van der Waals surface area contributed by atoms with Crippen molar-refractivity contribution in [2.24, 2.45) is 11.7 Å². The molecule has 0 aliphatic carbocycles. The second-order valence-corrected chi connectivity index (χ2v) is 4.67. The van der Waals surface area contributed by atoms with Crippen molar-refractivity contribution in [2.45, 2.75) is 32.4 Å². The first-order valence-corrected chi connectivity index (χ1v) is 5.76. The number of benzene rings is 1.